The first-order valence-corrected chi connectivity index (χ1v) is 14.5. The number of nitrogens with one attached hydrogen (secondary N) is 1. The van der Waals surface area contributed by atoms with Gasteiger partial charge >= 0.3 is 0 Å². The number of anilines is 1. The van der Waals surface area contributed by atoms with E-state index in [1.807, 2.05) is 32.9 Å². The molecule has 8 nitrogen and oxygen atoms in total. The van der Waals surface area contributed by atoms with Crippen LogP contribution in [0.3, 0.4) is 0 Å². The molecule has 0 heterocycles. The summed E-state index contributed by atoms with van der Waals surface area (Å²) in [5.41, 5.74) is 2.10. The van der Waals surface area contributed by atoms with Crippen LogP contribution in [-0.2, 0) is 26.2 Å². The maximum atomic E-state index is 13.4. The van der Waals surface area contributed by atoms with E-state index in [0.29, 0.717) is 23.0 Å². The van der Waals surface area contributed by atoms with Crippen molar-refractivity contribution < 1.29 is 22.7 Å². The van der Waals surface area contributed by atoms with Crippen LogP contribution in [-0.4, -0.2) is 57.6 Å². The van der Waals surface area contributed by atoms with E-state index in [9.17, 15) is 18.0 Å². The summed E-state index contributed by atoms with van der Waals surface area (Å²) in [5, 5.41) is 3.32. The van der Waals surface area contributed by atoms with Gasteiger partial charge < -0.3 is 15.0 Å². The molecule has 1 atom stereocenters. The first kappa shape index (κ1) is 30.4. The fourth-order valence-corrected chi connectivity index (χ4v) is 4.98. The quantitative estimate of drug-likeness (QED) is 0.398. The van der Waals surface area contributed by atoms with Crippen LogP contribution in [0.5, 0.6) is 5.75 Å². The highest BCUT2D eigenvalue weighted by Crippen LogP contribution is 2.27. The molecule has 2 amide bonds. The number of ether oxygens (including phenoxy) is 1. The number of carbonyl (C=O) groups excluding carboxylic acids is 2. The molecule has 2 rings (SSSR count). The molecule has 1 N–H and O–H groups in total. The average molecular weight is 552 g/mol. The van der Waals surface area contributed by atoms with E-state index < -0.39 is 16.1 Å². The van der Waals surface area contributed by atoms with Crippen LogP contribution in [0.25, 0.3) is 0 Å². The third-order valence-corrected chi connectivity index (χ3v) is 7.37. The number of hydrogen-bond donors (Lipinski definition) is 1. The number of hydrogen-bond acceptors (Lipinski definition) is 5. The van der Waals surface area contributed by atoms with E-state index in [0.717, 1.165) is 17.4 Å². The third-order valence-electron chi connectivity index (χ3n) is 5.96. The van der Waals surface area contributed by atoms with Gasteiger partial charge in [0.05, 0.1) is 19.1 Å². The highest BCUT2D eigenvalue weighted by Gasteiger charge is 2.27. The zero-order valence-corrected chi connectivity index (χ0v) is 24.0. The minimum atomic E-state index is -3.60. The molecule has 0 aliphatic carbocycles. The molecule has 0 aliphatic rings. The smallest absolute Gasteiger partial charge is 0.242 e. The van der Waals surface area contributed by atoms with Crippen molar-refractivity contribution in [3.63, 3.8) is 0 Å². The Morgan fingerprint density at radius 3 is 2.30 bits per heavy atom. The molecular formula is C27H38ClN3O5S. The predicted octanol–water partition coefficient (Wildman–Crippen LogP) is 4.39. The van der Waals surface area contributed by atoms with Gasteiger partial charge in [-0.1, -0.05) is 43.6 Å². The molecule has 0 radical (unpaired) electrons. The van der Waals surface area contributed by atoms with Crippen molar-refractivity contribution in [1.82, 2.24) is 10.2 Å². The fourth-order valence-electron chi connectivity index (χ4n) is 3.80. The lowest BCUT2D eigenvalue weighted by Gasteiger charge is -2.30. The second-order valence-corrected chi connectivity index (χ2v) is 11.9. The molecule has 0 bridgehead atoms. The van der Waals surface area contributed by atoms with Crippen molar-refractivity contribution >= 4 is 39.1 Å². The van der Waals surface area contributed by atoms with Crippen molar-refractivity contribution in [1.29, 1.82) is 0 Å². The molecule has 204 valence electrons. The zero-order valence-electron chi connectivity index (χ0n) is 22.5. The van der Waals surface area contributed by atoms with Crippen molar-refractivity contribution in [3.8, 4) is 5.75 Å². The normalized spacial score (nSPS) is 12.2. The molecular weight excluding hydrogens is 514 g/mol. The van der Waals surface area contributed by atoms with Crippen LogP contribution >= 0.6 is 11.6 Å². The van der Waals surface area contributed by atoms with Gasteiger partial charge in [-0.15, -0.1) is 0 Å². The largest absolute Gasteiger partial charge is 0.497 e. The van der Waals surface area contributed by atoms with Crippen LogP contribution in [0.4, 0.5) is 5.69 Å². The van der Waals surface area contributed by atoms with Crippen molar-refractivity contribution in [2.24, 2.45) is 5.92 Å². The van der Waals surface area contributed by atoms with E-state index in [1.54, 1.807) is 44.4 Å². The van der Waals surface area contributed by atoms with Gasteiger partial charge in [0.25, 0.3) is 0 Å². The summed E-state index contributed by atoms with van der Waals surface area (Å²) in [6, 6.07) is 11.7. The van der Waals surface area contributed by atoms with Crippen LogP contribution in [0.15, 0.2) is 42.5 Å². The third kappa shape index (κ3) is 9.23. The fraction of sp³-hybridized carbons (Fsp3) is 0.481. The number of benzene rings is 2. The maximum absolute atomic E-state index is 13.4. The first-order chi connectivity index (χ1) is 17.3. The van der Waals surface area contributed by atoms with E-state index in [-0.39, 0.29) is 43.7 Å². The van der Waals surface area contributed by atoms with Gasteiger partial charge in [-0.2, -0.15) is 0 Å². The van der Waals surface area contributed by atoms with E-state index >= 15 is 0 Å². The van der Waals surface area contributed by atoms with Gasteiger partial charge in [-0.25, -0.2) is 8.42 Å². The summed E-state index contributed by atoms with van der Waals surface area (Å²) >= 11 is 6.11. The summed E-state index contributed by atoms with van der Waals surface area (Å²) in [6.45, 7) is 8.37. The minimum absolute atomic E-state index is 0.0730. The molecule has 10 heteroatoms. The average Bonchev–Trinajstić information content (AvgIpc) is 2.84. The number of nitrogens with zero attached hydrogens (tertiary/aromatic N) is 2. The highest BCUT2D eigenvalue weighted by molar-refractivity contribution is 7.92. The second-order valence-electron chi connectivity index (χ2n) is 9.55. The van der Waals surface area contributed by atoms with Gasteiger partial charge in [-0.3, -0.25) is 13.9 Å². The monoisotopic (exact) mass is 551 g/mol. The first-order valence-electron chi connectivity index (χ1n) is 12.3. The topological polar surface area (TPSA) is 96.0 Å². The number of aryl methyl sites for hydroxylation is 1. The number of amides is 2. The molecule has 1 unspecified atom stereocenters. The van der Waals surface area contributed by atoms with Crippen molar-refractivity contribution in [2.75, 3.05) is 30.8 Å². The maximum Gasteiger partial charge on any atom is 0.242 e. The lowest BCUT2D eigenvalue weighted by Crippen LogP contribution is -2.48. The molecule has 0 saturated heterocycles. The van der Waals surface area contributed by atoms with Crippen LogP contribution in [0, 0.1) is 12.8 Å². The standard InChI is InChI=1S/C27H38ClN3O5S/c1-19(2)17-29-27(33)21(4)30(18-22-10-13-24(36-5)14-11-22)26(32)8-7-15-31(37(6,34)35)25-16-23(28)12-9-20(25)3/h9-14,16,19,21H,7-8,15,17-18H2,1-6H3,(H,29,33). The Morgan fingerprint density at radius 2 is 1.73 bits per heavy atom. The lowest BCUT2D eigenvalue weighted by atomic mass is 10.1. The van der Waals surface area contributed by atoms with Crippen molar-refractivity contribution in [3.05, 3.63) is 58.6 Å². The van der Waals surface area contributed by atoms with Gasteiger partial charge in [0.1, 0.15) is 11.8 Å². The van der Waals surface area contributed by atoms with Crippen LogP contribution in [0.2, 0.25) is 5.02 Å². The summed E-state index contributed by atoms with van der Waals surface area (Å²) in [6.07, 6.45) is 1.48. The Hall–Kier alpha value is -2.78. The molecule has 37 heavy (non-hydrogen) atoms. The lowest BCUT2D eigenvalue weighted by molar-refractivity contribution is -0.140. The van der Waals surface area contributed by atoms with Crippen molar-refractivity contribution in [2.45, 2.75) is 53.1 Å². The Bertz CT molecular complexity index is 1170. The van der Waals surface area contributed by atoms with E-state index in [1.165, 1.54) is 9.21 Å². The van der Waals surface area contributed by atoms with Gasteiger partial charge in [-0.05, 0) is 61.6 Å². The van der Waals surface area contributed by atoms with Crippen LogP contribution < -0.4 is 14.4 Å². The van der Waals surface area contributed by atoms with Gasteiger partial charge in [0.2, 0.25) is 21.8 Å². The summed E-state index contributed by atoms with van der Waals surface area (Å²) in [7, 11) is -2.02. The molecule has 0 fully saturated rings. The Balaban J connectivity index is 2.20. The molecule has 2 aromatic carbocycles. The Morgan fingerprint density at radius 1 is 1.08 bits per heavy atom. The number of carbonyl (C=O) groups is 2. The number of sulfonamides is 1. The molecule has 0 aromatic heterocycles. The zero-order chi connectivity index (χ0) is 27.8. The highest BCUT2D eigenvalue weighted by atomic mass is 35.5. The molecule has 0 saturated carbocycles. The minimum Gasteiger partial charge on any atom is -0.497 e. The second kappa shape index (κ2) is 13.7. The Kier molecular flexibility index (Phi) is 11.3. The summed E-state index contributed by atoms with van der Waals surface area (Å²) in [4.78, 5) is 27.7. The predicted molar refractivity (Wildman–Crippen MR) is 148 cm³/mol. The molecule has 0 aliphatic heterocycles. The SMILES string of the molecule is COc1ccc(CN(C(=O)CCCN(c2cc(Cl)ccc2C)S(C)(=O)=O)C(C)C(=O)NCC(C)C)cc1. The summed E-state index contributed by atoms with van der Waals surface area (Å²) < 4.78 is 31.6. The number of rotatable bonds is 13. The van der Waals surface area contributed by atoms with Gasteiger partial charge in [0.15, 0.2) is 0 Å². The van der Waals surface area contributed by atoms with E-state index in [2.05, 4.69) is 5.32 Å². The Labute approximate surface area is 226 Å². The van der Waals surface area contributed by atoms with E-state index in [4.69, 9.17) is 16.3 Å². The molecule has 0 spiro atoms. The number of halogens is 1. The van der Waals surface area contributed by atoms with Gasteiger partial charge in [0, 0.05) is 31.1 Å². The molecule has 2 aromatic rings. The number of methoxy groups -OCH3 is 1. The van der Waals surface area contributed by atoms with Crippen LogP contribution in [0.1, 0.15) is 44.7 Å². The summed E-state index contributed by atoms with van der Waals surface area (Å²) in [5.74, 6) is 0.502.